The molecule has 1 amide bonds. The Morgan fingerprint density at radius 3 is 2.47 bits per heavy atom. The molecule has 0 aliphatic carbocycles. The summed E-state index contributed by atoms with van der Waals surface area (Å²) in [6.45, 7) is 0.301. The number of halogens is 1. The second kappa shape index (κ2) is 10.6. The fourth-order valence-electron chi connectivity index (χ4n) is 3.13. The Labute approximate surface area is 206 Å². The second-order valence-electron chi connectivity index (χ2n) is 7.72. The molecule has 3 aromatic carbocycles. The average Bonchev–Trinajstić information content (AvgIpc) is 2.79. The lowest BCUT2D eigenvalue weighted by atomic mass is 10.3. The van der Waals surface area contributed by atoms with Crippen LogP contribution < -0.4 is 15.4 Å². The van der Waals surface area contributed by atoms with Crippen LogP contribution in [0.25, 0.3) is 11.0 Å². The number of aromatic hydroxyl groups is 1. The number of rotatable bonds is 8. The van der Waals surface area contributed by atoms with E-state index in [0.717, 1.165) is 10.4 Å². The minimum absolute atomic E-state index is 0.0812. The number of amides is 1. The smallest absolute Gasteiger partial charge is 0.238 e. The number of carbonyl (C=O) groups excluding carboxylic acids is 1. The van der Waals surface area contributed by atoms with Crippen LogP contribution in [0.1, 0.15) is 0 Å². The van der Waals surface area contributed by atoms with E-state index in [4.69, 9.17) is 16.6 Å². The van der Waals surface area contributed by atoms with E-state index in [1.165, 1.54) is 24.1 Å². The molecule has 0 fully saturated rings. The third-order valence-electron chi connectivity index (χ3n) is 4.62. The Kier molecular flexibility index (Phi) is 7.36. The van der Waals surface area contributed by atoms with Gasteiger partial charge in [-0.2, -0.15) is 0 Å². The summed E-state index contributed by atoms with van der Waals surface area (Å²) < 4.78 is 3.24. The summed E-state index contributed by atoms with van der Waals surface area (Å²) in [5, 5.41) is 16.3. The van der Waals surface area contributed by atoms with Gasteiger partial charge in [0.25, 0.3) is 0 Å². The van der Waals surface area contributed by atoms with Crippen molar-refractivity contribution < 1.29 is 9.90 Å². The lowest BCUT2D eigenvalue weighted by molar-refractivity contribution is -0.116. The third kappa shape index (κ3) is 6.07. The van der Waals surface area contributed by atoms with E-state index in [9.17, 15) is 9.90 Å². The molecule has 0 aliphatic heterocycles. The summed E-state index contributed by atoms with van der Waals surface area (Å²) >= 11 is 7.63. The van der Waals surface area contributed by atoms with Gasteiger partial charge in [-0.25, -0.2) is 9.97 Å². The van der Waals surface area contributed by atoms with Crippen LogP contribution in [0.3, 0.4) is 0 Å². The number of nitrogens with one attached hydrogen (secondary N) is 3. The number of para-hydroxylation sites is 2. The first-order valence-electron chi connectivity index (χ1n) is 10.4. The maximum Gasteiger partial charge on any atom is 0.238 e. The number of carbonyl (C=O) groups is 1. The molecule has 0 unspecified atom stereocenters. The number of phenols is 1. The maximum atomic E-state index is 12.1. The molecule has 8 nitrogen and oxygen atoms in total. The third-order valence-corrected chi connectivity index (χ3v) is 5.73. The summed E-state index contributed by atoms with van der Waals surface area (Å²) in [5.41, 5.74) is 2.64. The number of phenolic OH excluding ortho intramolecular Hbond substituents is 1. The van der Waals surface area contributed by atoms with Gasteiger partial charge in [0.1, 0.15) is 5.75 Å². The molecule has 10 heteroatoms. The van der Waals surface area contributed by atoms with Crippen LogP contribution in [0.2, 0.25) is 5.02 Å². The number of likely N-dealkylation sites (N-methyl/N-ethyl adjacent to an activating group) is 1. The molecule has 4 rings (SSSR count). The van der Waals surface area contributed by atoms with E-state index in [2.05, 4.69) is 20.3 Å². The first-order valence-corrected chi connectivity index (χ1v) is 11.6. The molecule has 0 radical (unpaired) electrons. The zero-order valence-corrected chi connectivity index (χ0v) is 20.1. The minimum Gasteiger partial charge on any atom is -0.508 e. The van der Waals surface area contributed by atoms with Crippen molar-refractivity contribution in [3.05, 3.63) is 71.8 Å². The molecule has 0 atom stereocenters. The molecule has 0 bridgehead atoms. The van der Waals surface area contributed by atoms with Gasteiger partial charge in [0.05, 0.1) is 28.3 Å². The maximum absolute atomic E-state index is 12.1. The molecule has 4 aromatic rings. The van der Waals surface area contributed by atoms with Crippen LogP contribution in [0, 0.1) is 0 Å². The molecule has 174 valence electrons. The first kappa shape index (κ1) is 23.6. The fourth-order valence-corrected chi connectivity index (χ4v) is 3.98. The van der Waals surface area contributed by atoms with Gasteiger partial charge < -0.3 is 25.4 Å². The van der Waals surface area contributed by atoms with Gasteiger partial charge in [0, 0.05) is 16.6 Å². The van der Waals surface area contributed by atoms with Crippen molar-refractivity contribution in [1.29, 1.82) is 0 Å². The lowest BCUT2D eigenvalue weighted by Gasteiger charge is -2.14. The normalized spacial score (nSPS) is 10.9. The number of anilines is 4. The SMILES string of the molecule is CN(C)CC(=O)Nc1cccc(SNc2nc3ccccc3nc2Nc2cc(O)ccc2Cl)c1. The number of fused-ring (bicyclic) bond motifs is 1. The van der Waals surface area contributed by atoms with E-state index in [-0.39, 0.29) is 11.7 Å². The van der Waals surface area contributed by atoms with Gasteiger partial charge in [-0.15, -0.1) is 0 Å². The van der Waals surface area contributed by atoms with Crippen molar-refractivity contribution in [3.8, 4) is 5.75 Å². The van der Waals surface area contributed by atoms with E-state index in [1.807, 2.05) is 62.6 Å². The van der Waals surface area contributed by atoms with Gasteiger partial charge in [0.2, 0.25) is 5.91 Å². The molecular weight excluding hydrogens is 472 g/mol. The van der Waals surface area contributed by atoms with Gasteiger partial charge in [-0.1, -0.05) is 29.8 Å². The molecule has 1 aromatic heterocycles. The standard InChI is InChI=1S/C24H23ClN6O2S/c1-31(2)14-22(33)26-15-6-5-7-17(12-15)34-30-24-23(27-19-8-3-4-9-20(19)28-24)29-21-13-16(32)10-11-18(21)25/h3-13,32H,14H2,1-2H3,(H,26,33)(H,27,29)(H,28,30). The Bertz CT molecular complexity index is 1330. The topological polar surface area (TPSA) is 102 Å². The zero-order chi connectivity index (χ0) is 24.1. The number of hydrogen-bond donors (Lipinski definition) is 4. The second-order valence-corrected chi connectivity index (χ2v) is 9.00. The molecule has 0 aliphatic rings. The first-order chi connectivity index (χ1) is 16.4. The van der Waals surface area contributed by atoms with Crippen LogP contribution in [-0.2, 0) is 4.79 Å². The quantitative estimate of drug-likeness (QED) is 0.243. The summed E-state index contributed by atoms with van der Waals surface area (Å²) in [5.74, 6) is 0.937. The van der Waals surface area contributed by atoms with Gasteiger partial charge in [-0.3, -0.25) is 4.79 Å². The largest absolute Gasteiger partial charge is 0.508 e. The summed E-state index contributed by atoms with van der Waals surface area (Å²) in [6, 6.07) is 19.7. The van der Waals surface area contributed by atoms with Gasteiger partial charge in [0.15, 0.2) is 11.6 Å². The number of nitrogens with zero attached hydrogens (tertiary/aromatic N) is 3. The van der Waals surface area contributed by atoms with Crippen LogP contribution >= 0.6 is 23.5 Å². The highest BCUT2D eigenvalue weighted by Gasteiger charge is 2.12. The monoisotopic (exact) mass is 494 g/mol. The number of aromatic nitrogens is 2. The Morgan fingerprint density at radius 1 is 1.00 bits per heavy atom. The number of hydrogen-bond acceptors (Lipinski definition) is 8. The van der Waals surface area contributed by atoms with E-state index in [0.29, 0.717) is 40.1 Å². The molecule has 0 spiro atoms. The predicted molar refractivity (Wildman–Crippen MR) is 139 cm³/mol. The molecule has 34 heavy (non-hydrogen) atoms. The van der Waals surface area contributed by atoms with E-state index >= 15 is 0 Å². The zero-order valence-electron chi connectivity index (χ0n) is 18.5. The summed E-state index contributed by atoms with van der Waals surface area (Å²) in [6.07, 6.45) is 0. The Hall–Kier alpha value is -3.53. The van der Waals surface area contributed by atoms with Crippen molar-refractivity contribution in [1.82, 2.24) is 14.9 Å². The van der Waals surface area contributed by atoms with Crippen molar-refractivity contribution in [2.24, 2.45) is 0 Å². The molecular formula is C24H23ClN6O2S. The Balaban J connectivity index is 1.58. The minimum atomic E-state index is -0.0880. The summed E-state index contributed by atoms with van der Waals surface area (Å²) in [7, 11) is 3.69. The van der Waals surface area contributed by atoms with Gasteiger partial charge in [-0.05, 0) is 68.5 Å². The van der Waals surface area contributed by atoms with E-state index < -0.39 is 0 Å². The highest BCUT2D eigenvalue weighted by Crippen LogP contribution is 2.33. The van der Waals surface area contributed by atoms with Crippen molar-refractivity contribution in [3.63, 3.8) is 0 Å². The molecule has 0 saturated carbocycles. The summed E-state index contributed by atoms with van der Waals surface area (Å²) in [4.78, 5) is 24.1. The van der Waals surface area contributed by atoms with Crippen LogP contribution in [0.15, 0.2) is 71.6 Å². The van der Waals surface area contributed by atoms with Crippen LogP contribution in [-0.4, -0.2) is 46.5 Å². The van der Waals surface area contributed by atoms with Crippen molar-refractivity contribution in [2.45, 2.75) is 4.90 Å². The van der Waals surface area contributed by atoms with Gasteiger partial charge >= 0.3 is 0 Å². The van der Waals surface area contributed by atoms with Crippen molar-refractivity contribution in [2.75, 3.05) is 36.0 Å². The Morgan fingerprint density at radius 2 is 1.74 bits per heavy atom. The average molecular weight is 495 g/mol. The van der Waals surface area contributed by atoms with Crippen LogP contribution in [0.4, 0.5) is 23.0 Å². The number of benzene rings is 3. The molecule has 0 saturated heterocycles. The van der Waals surface area contributed by atoms with Crippen LogP contribution in [0.5, 0.6) is 5.75 Å². The molecule has 4 N–H and O–H groups in total. The van der Waals surface area contributed by atoms with Crippen molar-refractivity contribution >= 4 is 63.5 Å². The molecule has 1 heterocycles. The predicted octanol–water partition coefficient (Wildman–Crippen LogP) is 5.35. The highest BCUT2D eigenvalue weighted by molar-refractivity contribution is 8.00. The fraction of sp³-hybridized carbons (Fsp3) is 0.125. The van der Waals surface area contributed by atoms with E-state index in [1.54, 1.807) is 11.0 Å². The highest BCUT2D eigenvalue weighted by atomic mass is 35.5. The lowest BCUT2D eigenvalue weighted by Crippen LogP contribution is -2.27.